The molecule has 210 valence electrons. The minimum Gasteiger partial charge on any atom is -0.493 e. The fraction of sp³-hybridized carbons (Fsp3) is 0.419. The van der Waals surface area contributed by atoms with Gasteiger partial charge in [-0.25, -0.2) is 4.79 Å². The van der Waals surface area contributed by atoms with E-state index in [2.05, 4.69) is 12.6 Å². The number of nitriles is 1. The number of ether oxygens (including phenoxy) is 6. The number of benzene rings is 2. The number of carbonyl (C=O) groups excluding carboxylic acids is 1. The molecule has 0 bridgehead atoms. The zero-order chi connectivity index (χ0) is 28.6. The van der Waals surface area contributed by atoms with Crippen LogP contribution >= 0.6 is 0 Å². The van der Waals surface area contributed by atoms with Gasteiger partial charge in [0, 0.05) is 5.57 Å². The Hall–Kier alpha value is -4.12. The van der Waals surface area contributed by atoms with Crippen LogP contribution < -0.4 is 23.7 Å². The van der Waals surface area contributed by atoms with Gasteiger partial charge in [0.2, 0.25) is 5.75 Å². The van der Waals surface area contributed by atoms with Crippen molar-refractivity contribution >= 4 is 17.6 Å². The van der Waals surface area contributed by atoms with Crippen LogP contribution in [0.15, 0.2) is 42.5 Å². The van der Waals surface area contributed by atoms with Crippen LogP contribution in [0.1, 0.15) is 56.6 Å². The van der Waals surface area contributed by atoms with Crippen molar-refractivity contribution < 1.29 is 33.2 Å². The van der Waals surface area contributed by atoms with Crippen LogP contribution in [0.25, 0.3) is 11.6 Å². The second kappa shape index (κ2) is 16.7. The Bertz CT molecular complexity index is 1150. The molecule has 8 heteroatoms. The maximum absolute atomic E-state index is 11.3. The van der Waals surface area contributed by atoms with E-state index in [9.17, 15) is 10.1 Å². The first kappa shape index (κ1) is 31.1. The normalized spacial score (nSPS) is 10.8. The Morgan fingerprint density at radius 1 is 0.821 bits per heavy atom. The van der Waals surface area contributed by atoms with Crippen molar-refractivity contribution in [1.82, 2.24) is 0 Å². The molecule has 8 nitrogen and oxygen atoms in total. The fourth-order valence-electron chi connectivity index (χ4n) is 3.86. The molecule has 0 aromatic heterocycles. The third-order valence-electron chi connectivity index (χ3n) is 5.97. The van der Waals surface area contributed by atoms with Gasteiger partial charge in [-0.15, -0.1) is 0 Å². The largest absolute Gasteiger partial charge is 0.493 e. The number of esters is 1. The Morgan fingerprint density at radius 2 is 1.41 bits per heavy atom. The highest BCUT2D eigenvalue weighted by Gasteiger charge is 2.15. The zero-order valence-electron chi connectivity index (χ0n) is 23.6. The van der Waals surface area contributed by atoms with Crippen molar-refractivity contribution in [3.8, 4) is 34.8 Å². The summed E-state index contributed by atoms with van der Waals surface area (Å²) in [7, 11) is 6.20. The summed E-state index contributed by atoms with van der Waals surface area (Å²) in [5.74, 6) is 2.33. The van der Waals surface area contributed by atoms with Crippen LogP contribution in [-0.4, -0.2) is 47.6 Å². The quantitative estimate of drug-likeness (QED) is 0.0730. The molecule has 0 aliphatic heterocycles. The lowest BCUT2D eigenvalue weighted by molar-refractivity contribution is -0.139. The van der Waals surface area contributed by atoms with Crippen molar-refractivity contribution in [2.24, 2.45) is 0 Å². The standard InChI is InChI=1S/C31H39NO7/c1-22(2)31(33)39-16-12-10-8-7-9-11-15-38-26-14-13-23(18-27(26)34-3)17-25(21-32)24-19-28(35-4)30(37-6)29(20-24)36-5/h13-14,17-20H,1,7-12,15-16H2,2-6H3. The number of carbonyl (C=O) groups is 1. The summed E-state index contributed by atoms with van der Waals surface area (Å²) in [6.07, 6.45) is 7.81. The van der Waals surface area contributed by atoms with E-state index in [0.29, 0.717) is 58.7 Å². The average molecular weight is 538 g/mol. The third kappa shape index (κ3) is 9.60. The topological polar surface area (TPSA) is 96.2 Å². The van der Waals surface area contributed by atoms with E-state index in [1.54, 1.807) is 32.2 Å². The minimum absolute atomic E-state index is 0.323. The molecule has 0 N–H and O–H groups in total. The van der Waals surface area contributed by atoms with Gasteiger partial charge in [0.1, 0.15) is 0 Å². The Morgan fingerprint density at radius 3 is 1.95 bits per heavy atom. The van der Waals surface area contributed by atoms with Gasteiger partial charge in [-0.3, -0.25) is 0 Å². The van der Waals surface area contributed by atoms with Crippen molar-refractivity contribution in [3.63, 3.8) is 0 Å². The second-order valence-electron chi connectivity index (χ2n) is 8.88. The first-order valence-electron chi connectivity index (χ1n) is 12.9. The van der Waals surface area contributed by atoms with E-state index < -0.39 is 0 Å². The summed E-state index contributed by atoms with van der Waals surface area (Å²) in [6.45, 7) is 6.24. The van der Waals surface area contributed by atoms with Crippen molar-refractivity contribution in [2.75, 3.05) is 41.7 Å². The number of allylic oxidation sites excluding steroid dienone is 1. The SMILES string of the molecule is C=C(C)C(=O)OCCCCCCCCOc1ccc(C=C(C#N)c2cc(OC)c(OC)c(OC)c2)cc1OC. The van der Waals surface area contributed by atoms with Crippen molar-refractivity contribution in [1.29, 1.82) is 5.26 Å². The van der Waals surface area contributed by atoms with Crippen LogP contribution in [-0.2, 0) is 9.53 Å². The molecule has 2 aromatic rings. The molecule has 0 heterocycles. The molecule has 0 saturated carbocycles. The molecule has 2 rings (SSSR count). The van der Waals surface area contributed by atoms with E-state index in [1.165, 1.54) is 21.3 Å². The summed E-state index contributed by atoms with van der Waals surface area (Å²) in [6, 6.07) is 11.3. The minimum atomic E-state index is -0.323. The Labute approximate surface area is 231 Å². The molecule has 39 heavy (non-hydrogen) atoms. The van der Waals surface area contributed by atoms with E-state index in [1.807, 2.05) is 18.2 Å². The van der Waals surface area contributed by atoms with Gasteiger partial charge in [0.05, 0.1) is 53.3 Å². The van der Waals surface area contributed by atoms with Crippen LogP contribution in [0, 0.1) is 11.3 Å². The van der Waals surface area contributed by atoms with Gasteiger partial charge < -0.3 is 28.4 Å². The summed E-state index contributed by atoms with van der Waals surface area (Å²) < 4.78 is 32.8. The number of rotatable bonds is 17. The van der Waals surface area contributed by atoms with Gasteiger partial charge in [-0.2, -0.15) is 5.26 Å². The lowest BCUT2D eigenvalue weighted by Crippen LogP contribution is -2.06. The fourth-order valence-corrected chi connectivity index (χ4v) is 3.86. The third-order valence-corrected chi connectivity index (χ3v) is 5.97. The highest BCUT2D eigenvalue weighted by Crippen LogP contribution is 2.40. The maximum Gasteiger partial charge on any atom is 0.333 e. The lowest BCUT2D eigenvalue weighted by Gasteiger charge is -2.14. The molecule has 0 atom stereocenters. The summed E-state index contributed by atoms with van der Waals surface area (Å²) in [5, 5.41) is 9.85. The van der Waals surface area contributed by atoms with E-state index in [0.717, 1.165) is 44.1 Å². The molecule has 0 aliphatic carbocycles. The van der Waals surface area contributed by atoms with Gasteiger partial charge in [0.25, 0.3) is 0 Å². The number of hydrogen-bond acceptors (Lipinski definition) is 8. The maximum atomic E-state index is 11.3. The first-order valence-corrected chi connectivity index (χ1v) is 12.9. The van der Waals surface area contributed by atoms with Crippen molar-refractivity contribution in [3.05, 3.63) is 53.6 Å². The van der Waals surface area contributed by atoms with Gasteiger partial charge in [-0.1, -0.05) is 38.3 Å². The predicted molar refractivity (Wildman–Crippen MR) is 152 cm³/mol. The monoisotopic (exact) mass is 537 g/mol. The molecule has 0 spiro atoms. The highest BCUT2D eigenvalue weighted by molar-refractivity contribution is 5.91. The molecule has 0 unspecified atom stereocenters. The summed E-state index contributed by atoms with van der Waals surface area (Å²) in [5.41, 5.74) is 2.29. The van der Waals surface area contributed by atoms with Gasteiger partial charge in [0.15, 0.2) is 23.0 Å². The van der Waals surface area contributed by atoms with Crippen LogP contribution in [0.5, 0.6) is 28.7 Å². The highest BCUT2D eigenvalue weighted by atomic mass is 16.5. The second-order valence-corrected chi connectivity index (χ2v) is 8.88. The number of nitrogens with zero attached hydrogens (tertiary/aromatic N) is 1. The number of methoxy groups -OCH3 is 4. The molecule has 0 saturated heterocycles. The van der Waals surface area contributed by atoms with Gasteiger partial charge in [-0.05, 0) is 61.2 Å². The van der Waals surface area contributed by atoms with Gasteiger partial charge >= 0.3 is 5.97 Å². The average Bonchev–Trinajstić information content (AvgIpc) is 2.95. The van der Waals surface area contributed by atoms with Crippen molar-refractivity contribution in [2.45, 2.75) is 45.4 Å². The smallest absolute Gasteiger partial charge is 0.333 e. The molecule has 0 fully saturated rings. The summed E-state index contributed by atoms with van der Waals surface area (Å²) in [4.78, 5) is 11.3. The number of unbranched alkanes of at least 4 members (excludes halogenated alkanes) is 5. The number of hydrogen-bond donors (Lipinski definition) is 0. The van der Waals surface area contributed by atoms with Crippen LogP contribution in [0.2, 0.25) is 0 Å². The van der Waals surface area contributed by atoms with E-state index >= 15 is 0 Å². The molecule has 0 amide bonds. The van der Waals surface area contributed by atoms with E-state index in [4.69, 9.17) is 28.4 Å². The molecule has 0 aliphatic rings. The first-order chi connectivity index (χ1) is 18.9. The molecule has 2 aromatic carbocycles. The Balaban J connectivity index is 1.92. The summed E-state index contributed by atoms with van der Waals surface area (Å²) >= 11 is 0. The molecule has 0 radical (unpaired) electrons. The molecular formula is C31H39NO7. The Kier molecular flexibility index (Phi) is 13.3. The lowest BCUT2D eigenvalue weighted by atomic mass is 10.0. The zero-order valence-corrected chi connectivity index (χ0v) is 23.6. The van der Waals surface area contributed by atoms with Crippen LogP contribution in [0.3, 0.4) is 0 Å². The predicted octanol–water partition coefficient (Wildman–Crippen LogP) is 6.62. The molecular weight excluding hydrogens is 498 g/mol. The van der Waals surface area contributed by atoms with E-state index in [-0.39, 0.29) is 5.97 Å². The van der Waals surface area contributed by atoms with Crippen LogP contribution in [0.4, 0.5) is 0 Å².